The molecule has 0 aliphatic carbocycles. The number of rotatable bonds is 4. The maximum atomic E-state index is 9.77. The normalized spacial score (nSPS) is 11.8. The van der Waals surface area contributed by atoms with Gasteiger partial charge in [0.05, 0.1) is 0 Å². The molecule has 3 heteroatoms. The monoisotopic (exact) mass is 164 g/mol. The molecule has 0 radical (unpaired) electrons. The van der Waals surface area contributed by atoms with E-state index >= 15 is 0 Å². The Bertz CT molecular complexity index is 68.1. The summed E-state index contributed by atoms with van der Waals surface area (Å²) in [7, 11) is 0. The summed E-state index contributed by atoms with van der Waals surface area (Å²) in [5.74, 6) is 0. The van der Waals surface area contributed by atoms with Crippen LogP contribution in [-0.4, -0.2) is 29.0 Å². The molecule has 0 rings (SSSR count). The molecule has 0 aromatic heterocycles. The van der Waals surface area contributed by atoms with E-state index in [4.69, 9.17) is 11.6 Å². The number of carbonyl (C=O) groups is 1. The van der Waals surface area contributed by atoms with Gasteiger partial charge in [-0.1, -0.05) is 6.92 Å². The Kier molecular flexibility index (Phi) is 11.5. The first-order valence-corrected chi connectivity index (χ1v) is 3.32. The first-order valence-electron chi connectivity index (χ1n) is 2.89. The van der Waals surface area contributed by atoms with Crippen LogP contribution in [0.2, 0.25) is 0 Å². The summed E-state index contributed by atoms with van der Waals surface area (Å²) >= 11 is 5.69. The molecular formula is C6H14AlClO. The molecule has 0 aromatic rings. The van der Waals surface area contributed by atoms with Crippen LogP contribution < -0.4 is 0 Å². The largest absolute Gasteiger partial charge is 0.303 e. The second-order valence-electron chi connectivity index (χ2n) is 1.75. The van der Waals surface area contributed by atoms with Crippen LogP contribution in [-0.2, 0) is 4.79 Å². The maximum absolute atomic E-state index is 9.77. The van der Waals surface area contributed by atoms with Gasteiger partial charge >= 0.3 is 0 Å². The molecule has 0 bridgehead atoms. The first-order chi connectivity index (χ1) is 3.81. The van der Waals surface area contributed by atoms with E-state index in [1.54, 1.807) is 0 Å². The average molecular weight is 165 g/mol. The zero-order valence-electron chi connectivity index (χ0n) is 5.06. The summed E-state index contributed by atoms with van der Waals surface area (Å²) in [4.78, 5) is 9.77. The number of hydrogen-bond donors (Lipinski definition) is 0. The van der Waals surface area contributed by atoms with E-state index in [2.05, 4.69) is 0 Å². The van der Waals surface area contributed by atoms with Gasteiger partial charge in [-0.2, -0.15) is 0 Å². The van der Waals surface area contributed by atoms with Crippen molar-refractivity contribution < 1.29 is 4.79 Å². The molecule has 0 aliphatic rings. The molecule has 0 aliphatic heterocycles. The number of halogens is 1. The Hall–Kier alpha value is 0.492. The van der Waals surface area contributed by atoms with Crippen LogP contribution in [0, 0.1) is 0 Å². The Morgan fingerprint density at radius 1 is 1.67 bits per heavy atom. The number of aldehydes is 1. The van der Waals surface area contributed by atoms with Gasteiger partial charge in [-0.05, 0) is 12.8 Å². The molecule has 0 saturated heterocycles. The van der Waals surface area contributed by atoms with Crippen molar-refractivity contribution >= 4 is 35.2 Å². The van der Waals surface area contributed by atoms with Crippen LogP contribution in [0.5, 0.6) is 0 Å². The third kappa shape index (κ3) is 8.49. The molecule has 1 nitrogen and oxygen atoms in total. The van der Waals surface area contributed by atoms with Gasteiger partial charge in [0.1, 0.15) is 6.29 Å². The van der Waals surface area contributed by atoms with Crippen LogP contribution in [0.25, 0.3) is 0 Å². The van der Waals surface area contributed by atoms with E-state index in [1.807, 2.05) is 6.92 Å². The Morgan fingerprint density at radius 3 is 2.56 bits per heavy atom. The highest BCUT2D eigenvalue weighted by Crippen LogP contribution is 2.06. The minimum absolute atomic E-state index is 0. The van der Waals surface area contributed by atoms with E-state index in [9.17, 15) is 4.79 Å². The molecule has 0 N–H and O–H groups in total. The topological polar surface area (TPSA) is 17.1 Å². The maximum Gasteiger partial charge on any atom is 0.187 e. The van der Waals surface area contributed by atoms with Gasteiger partial charge < -0.3 is 4.79 Å². The third-order valence-electron chi connectivity index (χ3n) is 1.04. The Labute approximate surface area is 71.9 Å². The first kappa shape index (κ1) is 12.2. The van der Waals surface area contributed by atoms with Gasteiger partial charge in [0.25, 0.3) is 0 Å². The highest BCUT2D eigenvalue weighted by Gasteiger charge is 1.97. The van der Waals surface area contributed by atoms with Gasteiger partial charge in [-0.25, -0.2) is 0 Å². The fraction of sp³-hybridized carbons (Fsp3) is 0.833. The summed E-state index contributed by atoms with van der Waals surface area (Å²) in [6, 6.07) is 0. The van der Waals surface area contributed by atoms with E-state index in [0.717, 1.165) is 19.1 Å². The zero-order valence-corrected chi connectivity index (χ0v) is 5.82. The van der Waals surface area contributed by atoms with E-state index in [-0.39, 0.29) is 22.7 Å². The fourth-order valence-corrected chi connectivity index (χ4v) is 0.579. The molecule has 54 valence electrons. The predicted molar refractivity (Wildman–Crippen MR) is 45.2 cm³/mol. The fourth-order valence-electron chi connectivity index (χ4n) is 0.453. The predicted octanol–water partition coefficient (Wildman–Crippen LogP) is 0.799. The molecular weight excluding hydrogens is 150 g/mol. The molecule has 0 spiro atoms. The Morgan fingerprint density at radius 2 is 2.22 bits per heavy atom. The van der Waals surface area contributed by atoms with Crippen molar-refractivity contribution in [1.29, 1.82) is 0 Å². The number of hydrogen-bond acceptors (Lipinski definition) is 1. The summed E-state index contributed by atoms with van der Waals surface area (Å²) < 4.78 is 0. The third-order valence-corrected chi connectivity index (χ3v) is 1.57. The summed E-state index contributed by atoms with van der Waals surface area (Å²) in [5.41, 5.74) is 0. The van der Waals surface area contributed by atoms with E-state index < -0.39 is 0 Å². The van der Waals surface area contributed by atoms with Crippen molar-refractivity contribution in [2.75, 3.05) is 0 Å². The summed E-state index contributed by atoms with van der Waals surface area (Å²) in [6.07, 6.45) is 3.28. The minimum Gasteiger partial charge on any atom is -0.303 e. The molecule has 1 atom stereocenters. The van der Waals surface area contributed by atoms with E-state index in [1.165, 1.54) is 0 Å². The molecule has 0 saturated carbocycles. The van der Waals surface area contributed by atoms with Crippen LogP contribution in [0.3, 0.4) is 0 Å². The van der Waals surface area contributed by atoms with Crippen molar-refractivity contribution in [1.82, 2.24) is 0 Å². The Balaban J connectivity index is 0. The van der Waals surface area contributed by atoms with Gasteiger partial charge in [-0.15, -0.1) is 11.6 Å². The van der Waals surface area contributed by atoms with E-state index in [0.29, 0.717) is 6.42 Å². The number of alkyl halides is 1. The van der Waals surface area contributed by atoms with Crippen LogP contribution >= 0.6 is 11.6 Å². The van der Waals surface area contributed by atoms with Crippen molar-refractivity contribution in [3.63, 3.8) is 0 Å². The molecule has 9 heavy (non-hydrogen) atoms. The van der Waals surface area contributed by atoms with Crippen molar-refractivity contribution in [2.45, 2.75) is 31.6 Å². The van der Waals surface area contributed by atoms with Crippen LogP contribution in [0.1, 0.15) is 26.2 Å². The minimum atomic E-state index is 0. The SMILES string of the molecule is CCC(Cl)CCC=O.[AlH3]. The van der Waals surface area contributed by atoms with Crippen molar-refractivity contribution in [2.24, 2.45) is 0 Å². The zero-order chi connectivity index (χ0) is 6.41. The molecule has 1 unspecified atom stereocenters. The summed E-state index contributed by atoms with van der Waals surface area (Å²) in [5, 5.41) is 0.195. The molecule has 0 heterocycles. The number of carbonyl (C=O) groups excluding carboxylic acids is 1. The molecule has 0 fully saturated rings. The van der Waals surface area contributed by atoms with Gasteiger partial charge in [-0.3, -0.25) is 0 Å². The van der Waals surface area contributed by atoms with Gasteiger partial charge in [0, 0.05) is 11.8 Å². The lowest BCUT2D eigenvalue weighted by molar-refractivity contribution is -0.107. The molecule has 0 amide bonds. The average Bonchev–Trinajstić information content (AvgIpc) is 1.83. The van der Waals surface area contributed by atoms with Crippen LogP contribution in [0.15, 0.2) is 0 Å². The highest BCUT2D eigenvalue weighted by atomic mass is 35.5. The summed E-state index contributed by atoms with van der Waals surface area (Å²) in [6.45, 7) is 2.02. The standard InChI is InChI=1S/C6H11ClO.Al.3H/c1-2-6(7)4-3-5-8;;;;/h5-6H,2-4H2,1H3;;;;. The van der Waals surface area contributed by atoms with Gasteiger partial charge in [0.2, 0.25) is 0 Å². The van der Waals surface area contributed by atoms with Gasteiger partial charge in [0.15, 0.2) is 17.4 Å². The lowest BCUT2D eigenvalue weighted by Gasteiger charge is -1.99. The van der Waals surface area contributed by atoms with Crippen molar-refractivity contribution in [3.05, 3.63) is 0 Å². The second kappa shape index (κ2) is 8.49. The van der Waals surface area contributed by atoms with Crippen LogP contribution in [0.4, 0.5) is 0 Å². The second-order valence-corrected chi connectivity index (χ2v) is 2.37. The smallest absolute Gasteiger partial charge is 0.187 e. The van der Waals surface area contributed by atoms with Crippen molar-refractivity contribution in [3.8, 4) is 0 Å². The lowest BCUT2D eigenvalue weighted by Crippen LogP contribution is -1.94. The molecule has 0 aromatic carbocycles. The highest BCUT2D eigenvalue weighted by molar-refractivity contribution is 6.20. The lowest BCUT2D eigenvalue weighted by atomic mass is 10.2. The quantitative estimate of drug-likeness (QED) is 0.341.